The predicted molar refractivity (Wildman–Crippen MR) is 97.3 cm³/mol. The molecule has 0 spiro atoms. The highest BCUT2D eigenvalue weighted by atomic mass is 19.1. The number of rotatable bonds is 6. The molecule has 8 nitrogen and oxygen atoms in total. The first-order chi connectivity index (χ1) is 13.1. The molecule has 148 valence electrons. The highest BCUT2D eigenvalue weighted by Crippen LogP contribution is 2.28. The van der Waals surface area contributed by atoms with E-state index in [0.717, 1.165) is 24.3 Å². The lowest BCUT2D eigenvalue weighted by molar-refractivity contribution is -0.384. The Hall–Kier alpha value is -3.56. The summed E-state index contributed by atoms with van der Waals surface area (Å²) >= 11 is 0. The number of amides is 1. The molecule has 0 aromatic heterocycles. The number of nitrogens with zero attached hydrogens (tertiary/aromatic N) is 2. The van der Waals surface area contributed by atoms with Gasteiger partial charge in [0, 0.05) is 20.2 Å². The summed E-state index contributed by atoms with van der Waals surface area (Å²) in [5.74, 6) is -3.93. The van der Waals surface area contributed by atoms with Crippen LogP contribution in [0, 0.1) is 21.7 Å². The molecule has 28 heavy (non-hydrogen) atoms. The lowest BCUT2D eigenvalue weighted by Crippen LogP contribution is -2.30. The first kappa shape index (κ1) is 20.7. The zero-order valence-corrected chi connectivity index (χ0v) is 15.2. The van der Waals surface area contributed by atoms with Crippen molar-refractivity contribution >= 4 is 28.9 Å². The quantitative estimate of drug-likeness (QED) is 0.460. The van der Waals surface area contributed by atoms with Gasteiger partial charge in [-0.05, 0) is 31.2 Å². The number of carbonyl (C=O) groups excluding carboxylic acids is 2. The number of nitro groups is 1. The minimum atomic E-state index is -1.40. The van der Waals surface area contributed by atoms with E-state index >= 15 is 0 Å². The number of esters is 1. The Morgan fingerprint density at radius 2 is 1.79 bits per heavy atom. The Bertz CT molecular complexity index is 913. The molecule has 0 bridgehead atoms. The van der Waals surface area contributed by atoms with Crippen LogP contribution < -0.4 is 10.2 Å². The number of benzene rings is 2. The first-order valence-corrected chi connectivity index (χ1v) is 8.03. The van der Waals surface area contributed by atoms with Crippen molar-refractivity contribution in [3.63, 3.8) is 0 Å². The maximum Gasteiger partial charge on any atom is 0.339 e. The summed E-state index contributed by atoms with van der Waals surface area (Å²) in [6, 6.07) is 6.76. The van der Waals surface area contributed by atoms with E-state index in [-0.39, 0.29) is 16.9 Å². The fourth-order valence-electron chi connectivity index (χ4n) is 2.30. The molecule has 1 atom stereocenters. The first-order valence-electron chi connectivity index (χ1n) is 8.03. The number of hydrogen-bond donors (Lipinski definition) is 1. The Kier molecular flexibility index (Phi) is 6.24. The number of nitrogens with one attached hydrogen (secondary N) is 1. The summed E-state index contributed by atoms with van der Waals surface area (Å²) in [6.45, 7) is 1.20. The van der Waals surface area contributed by atoms with E-state index in [1.807, 2.05) is 5.32 Å². The van der Waals surface area contributed by atoms with Gasteiger partial charge in [-0.3, -0.25) is 14.9 Å². The number of nitro benzene ring substituents is 1. The SMILES string of the molecule is C[C@H](OC(=O)c1ccc(N(C)C)c([N+](=O)[O-])c1)C(=O)Nc1c(F)cccc1F. The molecule has 0 radical (unpaired) electrons. The van der Waals surface area contributed by atoms with Crippen LogP contribution in [0.2, 0.25) is 0 Å². The van der Waals surface area contributed by atoms with Crippen molar-refractivity contribution in [1.82, 2.24) is 0 Å². The van der Waals surface area contributed by atoms with Gasteiger partial charge in [0.2, 0.25) is 0 Å². The maximum absolute atomic E-state index is 13.6. The summed E-state index contributed by atoms with van der Waals surface area (Å²) in [5.41, 5.74) is -0.845. The highest BCUT2D eigenvalue weighted by molar-refractivity contribution is 5.98. The van der Waals surface area contributed by atoms with Crippen LogP contribution in [-0.2, 0) is 9.53 Å². The molecule has 10 heteroatoms. The number of carbonyl (C=O) groups is 2. The zero-order valence-electron chi connectivity index (χ0n) is 15.2. The van der Waals surface area contributed by atoms with Crippen molar-refractivity contribution in [1.29, 1.82) is 0 Å². The molecule has 0 saturated heterocycles. The van der Waals surface area contributed by atoms with Crippen molar-refractivity contribution in [2.45, 2.75) is 13.0 Å². The second kappa shape index (κ2) is 8.42. The average molecular weight is 393 g/mol. The highest BCUT2D eigenvalue weighted by Gasteiger charge is 2.24. The Morgan fingerprint density at radius 3 is 2.32 bits per heavy atom. The van der Waals surface area contributed by atoms with E-state index in [0.29, 0.717) is 0 Å². The van der Waals surface area contributed by atoms with Crippen molar-refractivity contribution in [3.05, 3.63) is 63.7 Å². The number of ether oxygens (including phenoxy) is 1. The third-order valence-corrected chi connectivity index (χ3v) is 3.75. The maximum atomic E-state index is 13.6. The molecule has 0 saturated carbocycles. The molecule has 0 aliphatic rings. The Labute approximate surface area is 158 Å². The van der Waals surface area contributed by atoms with Crippen molar-refractivity contribution in [2.75, 3.05) is 24.3 Å². The van der Waals surface area contributed by atoms with Gasteiger partial charge in [-0.15, -0.1) is 0 Å². The van der Waals surface area contributed by atoms with E-state index in [1.165, 1.54) is 24.0 Å². The van der Waals surface area contributed by atoms with Crippen LogP contribution in [-0.4, -0.2) is 37.0 Å². The Morgan fingerprint density at radius 1 is 1.18 bits per heavy atom. The normalized spacial score (nSPS) is 11.5. The van der Waals surface area contributed by atoms with Crippen LogP contribution in [0.3, 0.4) is 0 Å². The average Bonchev–Trinajstić information content (AvgIpc) is 2.63. The second-order valence-electron chi connectivity index (χ2n) is 5.99. The fourth-order valence-corrected chi connectivity index (χ4v) is 2.30. The standard InChI is InChI=1S/C18H17F2N3O5/c1-10(17(24)21-16-12(19)5-4-6-13(16)20)28-18(25)11-7-8-14(22(2)3)15(9-11)23(26)27/h4-10H,1-3H3,(H,21,24)/t10-/m0/s1. The van der Waals surface area contributed by atoms with Gasteiger partial charge in [0.15, 0.2) is 6.10 Å². The molecule has 0 aliphatic carbocycles. The van der Waals surface area contributed by atoms with E-state index in [9.17, 15) is 28.5 Å². The minimum absolute atomic E-state index is 0.144. The van der Waals surface area contributed by atoms with Crippen LogP contribution in [0.4, 0.5) is 25.8 Å². The van der Waals surface area contributed by atoms with Gasteiger partial charge in [0.05, 0.1) is 10.5 Å². The molecule has 0 aliphatic heterocycles. The van der Waals surface area contributed by atoms with Gasteiger partial charge in [-0.2, -0.15) is 0 Å². The molecule has 2 aromatic carbocycles. The molecule has 0 heterocycles. The van der Waals surface area contributed by atoms with Crippen LogP contribution in [0.1, 0.15) is 17.3 Å². The summed E-state index contributed by atoms with van der Waals surface area (Å²) in [5, 5.41) is 13.2. The van der Waals surface area contributed by atoms with E-state index in [4.69, 9.17) is 4.74 Å². The van der Waals surface area contributed by atoms with Gasteiger partial charge in [0.25, 0.3) is 11.6 Å². The monoisotopic (exact) mass is 393 g/mol. The predicted octanol–water partition coefficient (Wildman–Crippen LogP) is 3.12. The van der Waals surface area contributed by atoms with Crippen LogP contribution in [0.5, 0.6) is 0 Å². The molecular weight excluding hydrogens is 376 g/mol. The smallest absolute Gasteiger partial charge is 0.339 e. The van der Waals surface area contributed by atoms with E-state index < -0.39 is 40.2 Å². The van der Waals surface area contributed by atoms with Crippen LogP contribution in [0.25, 0.3) is 0 Å². The molecular formula is C18H17F2N3O5. The third kappa shape index (κ3) is 4.58. The molecule has 1 amide bonds. The van der Waals surface area contributed by atoms with Crippen molar-refractivity contribution in [2.24, 2.45) is 0 Å². The topological polar surface area (TPSA) is 102 Å². The van der Waals surface area contributed by atoms with Crippen molar-refractivity contribution < 1.29 is 28.0 Å². The van der Waals surface area contributed by atoms with E-state index in [1.54, 1.807) is 14.1 Å². The summed E-state index contributed by atoms with van der Waals surface area (Å²) in [4.78, 5) is 36.3. The Balaban J connectivity index is 2.14. The van der Waals surface area contributed by atoms with Crippen LogP contribution >= 0.6 is 0 Å². The molecule has 0 unspecified atom stereocenters. The van der Waals surface area contributed by atoms with Gasteiger partial charge in [-0.25, -0.2) is 13.6 Å². The van der Waals surface area contributed by atoms with Crippen molar-refractivity contribution in [3.8, 4) is 0 Å². The van der Waals surface area contributed by atoms with Gasteiger partial charge in [0.1, 0.15) is 23.0 Å². The van der Waals surface area contributed by atoms with Gasteiger partial charge < -0.3 is 15.0 Å². The van der Waals surface area contributed by atoms with E-state index in [2.05, 4.69) is 0 Å². The number of hydrogen-bond acceptors (Lipinski definition) is 6. The number of halogens is 2. The van der Waals surface area contributed by atoms with Gasteiger partial charge in [-0.1, -0.05) is 6.07 Å². The lowest BCUT2D eigenvalue weighted by atomic mass is 10.1. The van der Waals surface area contributed by atoms with Crippen LogP contribution in [0.15, 0.2) is 36.4 Å². The molecule has 1 N–H and O–H groups in total. The summed E-state index contributed by atoms with van der Waals surface area (Å²) in [6.07, 6.45) is -1.40. The number of para-hydroxylation sites is 1. The fraction of sp³-hybridized carbons (Fsp3) is 0.222. The van der Waals surface area contributed by atoms with Gasteiger partial charge >= 0.3 is 5.97 Å². The second-order valence-corrected chi connectivity index (χ2v) is 5.99. The lowest BCUT2D eigenvalue weighted by Gasteiger charge is -2.15. The summed E-state index contributed by atoms with van der Waals surface area (Å²) in [7, 11) is 3.21. The number of anilines is 2. The molecule has 2 aromatic rings. The third-order valence-electron chi connectivity index (χ3n) is 3.75. The summed E-state index contributed by atoms with van der Waals surface area (Å²) < 4.78 is 32.1. The molecule has 0 fully saturated rings. The minimum Gasteiger partial charge on any atom is -0.449 e. The largest absolute Gasteiger partial charge is 0.449 e. The zero-order chi connectivity index (χ0) is 21.0. The molecule has 2 rings (SSSR count).